The van der Waals surface area contributed by atoms with E-state index in [4.69, 9.17) is 9.72 Å². The molecule has 0 unspecified atom stereocenters. The van der Waals surface area contributed by atoms with Crippen LogP contribution in [-0.2, 0) is 4.74 Å². The van der Waals surface area contributed by atoms with Crippen LogP contribution in [0, 0.1) is 10.1 Å². The quantitative estimate of drug-likeness (QED) is 0.608. The van der Waals surface area contributed by atoms with Gasteiger partial charge in [0.05, 0.1) is 21.6 Å². The molecule has 4 rings (SSSR count). The predicted molar refractivity (Wildman–Crippen MR) is 97.0 cm³/mol. The highest BCUT2D eigenvalue weighted by atomic mass is 16.6. The lowest BCUT2D eigenvalue weighted by molar-refractivity contribution is -0.384. The van der Waals surface area contributed by atoms with Crippen molar-refractivity contribution in [1.82, 2.24) is 4.98 Å². The lowest BCUT2D eigenvalue weighted by Gasteiger charge is -2.49. The van der Waals surface area contributed by atoms with E-state index in [1.54, 1.807) is 12.1 Å². The summed E-state index contributed by atoms with van der Waals surface area (Å²) in [6, 6.07) is 8.72. The van der Waals surface area contributed by atoms with Crippen molar-refractivity contribution >= 4 is 22.4 Å². The van der Waals surface area contributed by atoms with Crippen molar-refractivity contribution in [3.63, 3.8) is 0 Å². The average Bonchev–Trinajstić information content (AvgIpc) is 2.99. The van der Waals surface area contributed by atoms with Crippen molar-refractivity contribution in [2.45, 2.75) is 50.7 Å². The van der Waals surface area contributed by atoms with Gasteiger partial charge in [0.15, 0.2) is 0 Å². The molecule has 1 aliphatic carbocycles. The number of fused-ring (bicyclic) bond motifs is 1. The van der Waals surface area contributed by atoms with Crippen LogP contribution in [0.15, 0.2) is 30.3 Å². The third-order valence-electron chi connectivity index (χ3n) is 5.25. The van der Waals surface area contributed by atoms with E-state index in [0.717, 1.165) is 42.7 Å². The first-order chi connectivity index (χ1) is 11.9. The fourth-order valence-corrected chi connectivity index (χ4v) is 4.35. The zero-order chi connectivity index (χ0) is 17.7. The number of nitrogens with zero attached hydrogens (tertiary/aromatic N) is 3. The number of rotatable bonds is 2. The molecular formula is C19H23N3O3. The Labute approximate surface area is 146 Å². The van der Waals surface area contributed by atoms with Crippen molar-refractivity contribution in [2.75, 3.05) is 18.0 Å². The molecule has 0 radical (unpaired) electrons. The second-order valence-electron chi connectivity index (χ2n) is 7.91. The summed E-state index contributed by atoms with van der Waals surface area (Å²) in [5.74, 6) is 0.920. The molecule has 0 N–H and O–H groups in total. The van der Waals surface area contributed by atoms with Crippen LogP contribution < -0.4 is 4.90 Å². The van der Waals surface area contributed by atoms with E-state index in [0.29, 0.717) is 0 Å². The molecule has 0 bridgehead atoms. The van der Waals surface area contributed by atoms with Crippen LogP contribution in [0.1, 0.15) is 39.5 Å². The van der Waals surface area contributed by atoms with Gasteiger partial charge in [-0.15, -0.1) is 0 Å². The van der Waals surface area contributed by atoms with Crippen LogP contribution in [-0.4, -0.2) is 34.2 Å². The number of hydrogen-bond donors (Lipinski definition) is 0. The van der Waals surface area contributed by atoms with E-state index < -0.39 is 0 Å². The van der Waals surface area contributed by atoms with Crippen LogP contribution in [0.25, 0.3) is 10.9 Å². The van der Waals surface area contributed by atoms with Crippen LogP contribution >= 0.6 is 0 Å². The Morgan fingerprint density at radius 2 is 1.92 bits per heavy atom. The zero-order valence-electron chi connectivity index (χ0n) is 14.7. The monoisotopic (exact) mass is 341 g/mol. The minimum absolute atomic E-state index is 0.0616. The fraction of sp³-hybridized carbons (Fsp3) is 0.526. The summed E-state index contributed by atoms with van der Waals surface area (Å²) in [6.07, 6.45) is 4.65. The Kier molecular flexibility index (Phi) is 3.68. The van der Waals surface area contributed by atoms with Gasteiger partial charge in [-0.05, 0) is 44.9 Å². The Morgan fingerprint density at radius 3 is 2.64 bits per heavy atom. The normalized spacial score (nSPS) is 21.8. The van der Waals surface area contributed by atoms with E-state index >= 15 is 0 Å². The largest absolute Gasteiger partial charge is 0.365 e. The van der Waals surface area contributed by atoms with Gasteiger partial charge in [-0.25, -0.2) is 4.98 Å². The van der Waals surface area contributed by atoms with Gasteiger partial charge < -0.3 is 9.64 Å². The summed E-state index contributed by atoms with van der Waals surface area (Å²) >= 11 is 0. The lowest BCUT2D eigenvalue weighted by Crippen LogP contribution is -2.59. The van der Waals surface area contributed by atoms with Gasteiger partial charge in [-0.3, -0.25) is 10.1 Å². The summed E-state index contributed by atoms with van der Waals surface area (Å²) in [5.41, 5.74) is 0.607. The fourth-order valence-electron chi connectivity index (χ4n) is 4.35. The smallest absolute Gasteiger partial charge is 0.270 e. The molecule has 2 fully saturated rings. The number of non-ortho nitro benzene ring substituents is 1. The van der Waals surface area contributed by atoms with Crippen molar-refractivity contribution in [1.29, 1.82) is 0 Å². The highest BCUT2D eigenvalue weighted by molar-refractivity contribution is 5.82. The van der Waals surface area contributed by atoms with E-state index in [2.05, 4.69) is 18.7 Å². The van der Waals surface area contributed by atoms with Crippen LogP contribution in [0.4, 0.5) is 11.5 Å². The molecule has 1 aliphatic heterocycles. The molecule has 25 heavy (non-hydrogen) atoms. The summed E-state index contributed by atoms with van der Waals surface area (Å²) in [7, 11) is 0. The number of morpholine rings is 1. The maximum Gasteiger partial charge on any atom is 0.270 e. The van der Waals surface area contributed by atoms with Gasteiger partial charge in [0, 0.05) is 30.6 Å². The molecule has 0 atom stereocenters. The standard InChI is InChI=1S/C19H23N3O3/c1-18(2)12-21(13-19(25-18)9-3-4-10-19)17-8-5-14-11-15(22(23)24)6-7-16(14)20-17/h5-8,11H,3-4,9-10,12-13H2,1-2H3. The highest BCUT2D eigenvalue weighted by Gasteiger charge is 2.46. The summed E-state index contributed by atoms with van der Waals surface area (Å²) in [4.78, 5) is 17.6. The van der Waals surface area contributed by atoms with Gasteiger partial charge in [-0.1, -0.05) is 12.8 Å². The van der Waals surface area contributed by atoms with Gasteiger partial charge in [0.2, 0.25) is 0 Å². The van der Waals surface area contributed by atoms with E-state index in [-0.39, 0.29) is 21.8 Å². The highest BCUT2D eigenvalue weighted by Crippen LogP contribution is 2.41. The number of hydrogen-bond acceptors (Lipinski definition) is 5. The third kappa shape index (κ3) is 3.06. The van der Waals surface area contributed by atoms with Crippen LogP contribution in [0.2, 0.25) is 0 Å². The van der Waals surface area contributed by atoms with E-state index in [1.165, 1.54) is 18.9 Å². The minimum Gasteiger partial charge on any atom is -0.365 e. The molecule has 1 saturated heterocycles. The topological polar surface area (TPSA) is 68.5 Å². The second kappa shape index (κ2) is 5.66. The van der Waals surface area contributed by atoms with Crippen LogP contribution in [0.5, 0.6) is 0 Å². The van der Waals surface area contributed by atoms with Crippen molar-refractivity contribution < 1.29 is 9.66 Å². The number of nitro benzene ring substituents is 1. The number of nitro groups is 1. The Balaban J connectivity index is 1.68. The predicted octanol–water partition coefficient (Wildman–Crippen LogP) is 4.07. The molecule has 132 valence electrons. The SMILES string of the molecule is CC1(C)CN(c2ccc3cc([N+](=O)[O-])ccc3n2)CC2(CCCC2)O1. The first-order valence-electron chi connectivity index (χ1n) is 8.86. The number of pyridine rings is 1. The lowest BCUT2D eigenvalue weighted by atomic mass is 9.94. The van der Waals surface area contributed by atoms with Gasteiger partial charge in [-0.2, -0.15) is 0 Å². The molecule has 2 heterocycles. The van der Waals surface area contributed by atoms with Gasteiger partial charge in [0.1, 0.15) is 5.82 Å². The van der Waals surface area contributed by atoms with Crippen molar-refractivity contribution in [3.05, 3.63) is 40.4 Å². The second-order valence-corrected chi connectivity index (χ2v) is 7.91. The molecule has 1 aromatic heterocycles. The molecule has 6 nitrogen and oxygen atoms in total. The summed E-state index contributed by atoms with van der Waals surface area (Å²) < 4.78 is 6.46. The Hall–Kier alpha value is -2.21. The summed E-state index contributed by atoms with van der Waals surface area (Å²) in [5, 5.41) is 11.7. The Bertz CT molecular complexity index is 828. The number of aromatic nitrogens is 1. The van der Waals surface area contributed by atoms with Crippen molar-refractivity contribution in [3.8, 4) is 0 Å². The third-order valence-corrected chi connectivity index (χ3v) is 5.25. The number of anilines is 1. The minimum atomic E-state index is -0.373. The van der Waals surface area contributed by atoms with Gasteiger partial charge >= 0.3 is 0 Å². The number of ether oxygens (including phenoxy) is 1. The van der Waals surface area contributed by atoms with E-state index in [9.17, 15) is 10.1 Å². The molecule has 1 spiro atoms. The first-order valence-corrected chi connectivity index (χ1v) is 8.86. The molecule has 2 aromatic rings. The maximum absolute atomic E-state index is 10.9. The maximum atomic E-state index is 10.9. The molecule has 2 aliphatic rings. The summed E-state index contributed by atoms with van der Waals surface area (Å²) in [6.45, 7) is 5.94. The zero-order valence-corrected chi connectivity index (χ0v) is 14.7. The number of benzene rings is 1. The van der Waals surface area contributed by atoms with Crippen LogP contribution in [0.3, 0.4) is 0 Å². The molecule has 6 heteroatoms. The Morgan fingerprint density at radius 1 is 1.16 bits per heavy atom. The van der Waals surface area contributed by atoms with Gasteiger partial charge in [0.25, 0.3) is 5.69 Å². The van der Waals surface area contributed by atoms with Crippen molar-refractivity contribution in [2.24, 2.45) is 0 Å². The van der Waals surface area contributed by atoms with E-state index in [1.807, 2.05) is 12.1 Å². The molecule has 1 saturated carbocycles. The average molecular weight is 341 g/mol. The molecule has 1 aromatic carbocycles. The molecule has 0 amide bonds. The molecular weight excluding hydrogens is 318 g/mol. The first kappa shape index (κ1) is 16.3.